The summed E-state index contributed by atoms with van der Waals surface area (Å²) in [6.07, 6.45) is 8.81. The molecule has 4 fully saturated rings. The molecule has 0 radical (unpaired) electrons. The van der Waals surface area contributed by atoms with Gasteiger partial charge in [-0.05, 0) is 86.4 Å². The number of carbonyl (C=O) groups excluding carboxylic acids is 1. The monoisotopic (exact) mass is 382 g/mol. The van der Waals surface area contributed by atoms with Crippen molar-refractivity contribution in [2.75, 3.05) is 0 Å². The Bertz CT molecular complexity index is 530. The lowest BCUT2D eigenvalue weighted by Gasteiger charge is -2.61. The number of alkyl halides is 1. The molecule has 4 aliphatic carbocycles. The lowest BCUT2D eigenvalue weighted by molar-refractivity contribution is -0.145. The molecule has 0 aromatic rings. The lowest BCUT2D eigenvalue weighted by atomic mass is 9.44. The van der Waals surface area contributed by atoms with Crippen LogP contribution in [0.5, 0.6) is 0 Å². The summed E-state index contributed by atoms with van der Waals surface area (Å²) >= 11 is 3.76. The van der Waals surface area contributed by atoms with Gasteiger partial charge in [-0.1, -0.05) is 29.8 Å². The van der Waals surface area contributed by atoms with Crippen LogP contribution in [0.25, 0.3) is 0 Å². The van der Waals surface area contributed by atoms with Gasteiger partial charge in [0, 0.05) is 6.42 Å². The third-order valence-electron chi connectivity index (χ3n) is 8.74. The Morgan fingerprint density at radius 2 is 1.70 bits per heavy atom. The minimum absolute atomic E-state index is 0.0895. The molecule has 0 spiro atoms. The van der Waals surface area contributed by atoms with Gasteiger partial charge in [-0.25, -0.2) is 0 Å². The van der Waals surface area contributed by atoms with E-state index in [1.54, 1.807) is 0 Å². The van der Waals surface area contributed by atoms with Crippen LogP contribution in [0.2, 0.25) is 0 Å². The van der Waals surface area contributed by atoms with Crippen LogP contribution in [-0.4, -0.2) is 21.3 Å². The van der Waals surface area contributed by atoms with Crippen LogP contribution in [0.4, 0.5) is 0 Å². The molecule has 130 valence electrons. The molecule has 23 heavy (non-hydrogen) atoms. The van der Waals surface area contributed by atoms with Crippen LogP contribution in [0.3, 0.4) is 0 Å². The predicted octanol–water partition coefficient (Wildman–Crippen LogP) is 4.72. The molecule has 0 aromatic heterocycles. The van der Waals surface area contributed by atoms with Crippen molar-refractivity contribution in [1.82, 2.24) is 0 Å². The van der Waals surface area contributed by atoms with Crippen molar-refractivity contribution in [3.8, 4) is 0 Å². The van der Waals surface area contributed by atoms with Crippen molar-refractivity contribution in [3.63, 3.8) is 0 Å². The SMILES string of the molecule is CC1(Br)C[C@@]2(C)[C@@H](CC[C@@H]3[C@@H]2CC[C@]2(C)[C@@H](O)CC[C@@H]32)CC1=O. The van der Waals surface area contributed by atoms with Gasteiger partial charge in [0.15, 0.2) is 0 Å². The van der Waals surface area contributed by atoms with Gasteiger partial charge in [-0.2, -0.15) is 0 Å². The minimum atomic E-state index is -0.323. The maximum atomic E-state index is 12.5. The van der Waals surface area contributed by atoms with Crippen LogP contribution in [-0.2, 0) is 4.79 Å². The highest BCUT2D eigenvalue weighted by atomic mass is 79.9. The summed E-state index contributed by atoms with van der Waals surface area (Å²) in [4.78, 5) is 12.5. The molecule has 0 saturated heterocycles. The molecular formula is C20H31BrO2. The summed E-state index contributed by atoms with van der Waals surface area (Å²) in [6.45, 7) is 6.92. The quantitative estimate of drug-likeness (QED) is 0.615. The van der Waals surface area contributed by atoms with Crippen LogP contribution < -0.4 is 0 Å². The standard InChI is InChI=1S/C20H31BrO2/c1-18-9-8-15-13(14(18)6-7-16(18)22)5-4-12-10-17(23)20(3,21)11-19(12,15)2/h12-16,22H,4-11H2,1-3H3/t12-,13-,14-,15-,16-,18-,19-,20?/m0/s1. The summed E-state index contributed by atoms with van der Waals surface area (Å²) < 4.78 is -0.323. The molecule has 0 aliphatic heterocycles. The van der Waals surface area contributed by atoms with Crippen molar-refractivity contribution in [1.29, 1.82) is 0 Å². The van der Waals surface area contributed by atoms with Gasteiger partial charge < -0.3 is 5.11 Å². The number of ketones is 1. The summed E-state index contributed by atoms with van der Waals surface area (Å²) in [6, 6.07) is 0. The van der Waals surface area contributed by atoms with Crippen LogP contribution in [0.1, 0.15) is 72.1 Å². The molecule has 2 nitrogen and oxygen atoms in total. The number of aliphatic hydroxyl groups excluding tert-OH is 1. The number of halogens is 1. The van der Waals surface area contributed by atoms with Crippen molar-refractivity contribution in [2.24, 2.45) is 34.5 Å². The molecule has 0 aromatic carbocycles. The van der Waals surface area contributed by atoms with Gasteiger partial charge in [0.25, 0.3) is 0 Å². The van der Waals surface area contributed by atoms with Crippen molar-refractivity contribution in [3.05, 3.63) is 0 Å². The highest BCUT2D eigenvalue weighted by Crippen LogP contribution is 2.67. The zero-order valence-electron chi connectivity index (χ0n) is 14.8. The van der Waals surface area contributed by atoms with Crippen LogP contribution in [0.15, 0.2) is 0 Å². The molecule has 1 N–H and O–H groups in total. The van der Waals surface area contributed by atoms with E-state index in [2.05, 4.69) is 36.7 Å². The Morgan fingerprint density at radius 1 is 1.00 bits per heavy atom. The van der Waals surface area contributed by atoms with Crippen LogP contribution >= 0.6 is 15.9 Å². The van der Waals surface area contributed by atoms with Crippen LogP contribution in [0, 0.1) is 34.5 Å². The molecule has 4 rings (SSSR count). The molecule has 4 saturated carbocycles. The van der Waals surface area contributed by atoms with Gasteiger partial charge >= 0.3 is 0 Å². The second-order valence-corrected chi connectivity index (χ2v) is 11.5. The molecule has 8 atom stereocenters. The average Bonchev–Trinajstić information content (AvgIpc) is 2.76. The molecule has 0 heterocycles. The van der Waals surface area contributed by atoms with E-state index in [0.717, 1.165) is 31.1 Å². The van der Waals surface area contributed by atoms with Crippen molar-refractivity contribution < 1.29 is 9.90 Å². The number of carbonyl (C=O) groups is 1. The second kappa shape index (κ2) is 5.06. The molecular weight excluding hydrogens is 352 g/mol. The smallest absolute Gasteiger partial charge is 0.149 e. The van der Waals surface area contributed by atoms with Gasteiger partial charge in [0.05, 0.1) is 10.4 Å². The maximum absolute atomic E-state index is 12.5. The first-order chi connectivity index (χ1) is 10.7. The Kier molecular flexibility index (Phi) is 3.65. The third kappa shape index (κ3) is 2.18. The number of hydrogen-bond donors (Lipinski definition) is 1. The fraction of sp³-hybridized carbons (Fsp3) is 0.950. The number of aliphatic hydroxyl groups is 1. The lowest BCUT2D eigenvalue weighted by Crippen LogP contribution is -2.57. The fourth-order valence-electron chi connectivity index (χ4n) is 7.37. The highest BCUT2D eigenvalue weighted by Gasteiger charge is 2.62. The second-order valence-electron chi connectivity index (χ2n) is 9.80. The number of hydrogen-bond acceptors (Lipinski definition) is 2. The largest absolute Gasteiger partial charge is 0.393 e. The van der Waals surface area contributed by atoms with Gasteiger partial charge in [0.1, 0.15) is 5.78 Å². The van der Waals surface area contributed by atoms with Crippen molar-refractivity contribution in [2.45, 2.75) is 82.6 Å². The first-order valence-electron chi connectivity index (χ1n) is 9.59. The van der Waals surface area contributed by atoms with E-state index in [-0.39, 0.29) is 15.8 Å². The first-order valence-corrected chi connectivity index (χ1v) is 10.4. The maximum Gasteiger partial charge on any atom is 0.149 e. The van der Waals surface area contributed by atoms with E-state index >= 15 is 0 Å². The van der Waals surface area contributed by atoms with Gasteiger partial charge in [0.2, 0.25) is 0 Å². The van der Waals surface area contributed by atoms with E-state index in [1.807, 2.05) is 0 Å². The van der Waals surface area contributed by atoms with E-state index in [4.69, 9.17) is 0 Å². The average molecular weight is 383 g/mol. The van der Waals surface area contributed by atoms with Gasteiger partial charge in [-0.15, -0.1) is 0 Å². The highest BCUT2D eigenvalue weighted by molar-refractivity contribution is 9.10. The zero-order valence-corrected chi connectivity index (χ0v) is 16.4. The number of Topliss-reactive ketones (excluding diaryl/α,β-unsaturated/α-hetero) is 1. The summed E-state index contributed by atoms with van der Waals surface area (Å²) in [5.74, 6) is 3.21. The Hall–Kier alpha value is 0.110. The Labute approximate surface area is 148 Å². The van der Waals surface area contributed by atoms with E-state index < -0.39 is 0 Å². The van der Waals surface area contributed by atoms with E-state index in [0.29, 0.717) is 23.0 Å². The summed E-state index contributed by atoms with van der Waals surface area (Å²) in [7, 11) is 0. The molecule has 0 amide bonds. The van der Waals surface area contributed by atoms with Gasteiger partial charge in [-0.3, -0.25) is 4.79 Å². The Morgan fingerprint density at radius 3 is 2.43 bits per heavy atom. The first kappa shape index (κ1) is 16.6. The molecule has 1 unspecified atom stereocenters. The summed E-state index contributed by atoms with van der Waals surface area (Å²) in [5, 5.41) is 10.5. The molecule has 3 heteroatoms. The number of rotatable bonds is 0. The zero-order chi connectivity index (χ0) is 16.6. The third-order valence-corrected chi connectivity index (χ3v) is 9.46. The summed E-state index contributed by atoms with van der Waals surface area (Å²) in [5.41, 5.74) is 0.455. The predicted molar refractivity (Wildman–Crippen MR) is 95.5 cm³/mol. The number of fused-ring (bicyclic) bond motifs is 5. The van der Waals surface area contributed by atoms with Crippen molar-refractivity contribution >= 4 is 21.7 Å². The normalized spacial score (nSPS) is 59.2. The fourth-order valence-corrected chi connectivity index (χ4v) is 8.13. The van der Waals surface area contributed by atoms with E-state index in [9.17, 15) is 9.90 Å². The molecule has 0 bridgehead atoms. The minimum Gasteiger partial charge on any atom is -0.393 e. The molecule has 4 aliphatic rings. The Balaban J connectivity index is 1.66. The topological polar surface area (TPSA) is 37.3 Å². The van der Waals surface area contributed by atoms with E-state index in [1.165, 1.54) is 32.1 Å².